The van der Waals surface area contributed by atoms with E-state index in [1.165, 1.54) is 33.0 Å². The first kappa shape index (κ1) is 15.9. The average Bonchev–Trinajstić information content (AvgIpc) is 2.88. The molecular weight excluding hydrogens is 340 g/mol. The number of rotatable bonds is 3. The first-order chi connectivity index (χ1) is 11.3. The van der Waals surface area contributed by atoms with Crippen LogP contribution >= 0.6 is 22.9 Å². The predicted octanol–water partition coefficient (Wildman–Crippen LogP) is 5.61. The minimum absolute atomic E-state index is 0.00858. The molecule has 2 aliphatic rings. The molecule has 1 N–H and O–H groups in total. The summed E-state index contributed by atoms with van der Waals surface area (Å²) in [5.74, 6) is 1.37. The number of benzene rings is 1. The first-order valence-corrected chi connectivity index (χ1v) is 9.33. The van der Waals surface area contributed by atoms with E-state index in [1.54, 1.807) is 23.5 Å². The lowest BCUT2D eigenvalue weighted by atomic mass is 9.95. The summed E-state index contributed by atoms with van der Waals surface area (Å²) >= 11 is 7.66. The van der Waals surface area contributed by atoms with Crippen LogP contribution in [0.5, 0.6) is 5.75 Å². The summed E-state index contributed by atoms with van der Waals surface area (Å²) in [5, 5.41) is 9.65. The van der Waals surface area contributed by atoms with E-state index in [4.69, 9.17) is 11.6 Å². The molecule has 24 heavy (non-hydrogen) atoms. The molecule has 1 aromatic carbocycles. The molecule has 2 nitrogen and oxygen atoms in total. The number of phenols is 1. The van der Waals surface area contributed by atoms with Gasteiger partial charge in [0.25, 0.3) is 0 Å². The summed E-state index contributed by atoms with van der Waals surface area (Å²) in [7, 11) is 0. The van der Waals surface area contributed by atoms with Gasteiger partial charge in [-0.05, 0) is 72.1 Å². The molecule has 2 aliphatic carbocycles. The van der Waals surface area contributed by atoms with Gasteiger partial charge < -0.3 is 5.11 Å². The Kier molecular flexibility index (Phi) is 3.45. The lowest BCUT2D eigenvalue weighted by molar-refractivity contribution is 0.104. The van der Waals surface area contributed by atoms with Crippen LogP contribution in [0, 0.1) is 18.3 Å². The number of aromatic hydroxyl groups is 1. The van der Waals surface area contributed by atoms with E-state index >= 15 is 0 Å². The monoisotopic (exact) mass is 358 g/mol. The van der Waals surface area contributed by atoms with Crippen molar-refractivity contribution in [3.05, 3.63) is 55.7 Å². The molecule has 4 heteroatoms. The number of ketones is 1. The largest absolute Gasteiger partial charge is 0.506 e. The van der Waals surface area contributed by atoms with Crippen LogP contribution in [0.3, 0.4) is 0 Å². The number of hydrogen-bond acceptors (Lipinski definition) is 3. The van der Waals surface area contributed by atoms with Gasteiger partial charge in [0.05, 0.1) is 5.02 Å². The Morgan fingerprint density at radius 1 is 1.42 bits per heavy atom. The van der Waals surface area contributed by atoms with Gasteiger partial charge in [-0.1, -0.05) is 25.4 Å². The topological polar surface area (TPSA) is 37.3 Å². The van der Waals surface area contributed by atoms with E-state index in [9.17, 15) is 9.90 Å². The van der Waals surface area contributed by atoms with Crippen molar-refractivity contribution in [2.24, 2.45) is 11.3 Å². The zero-order chi connectivity index (χ0) is 17.2. The second-order valence-electron chi connectivity index (χ2n) is 7.39. The maximum Gasteiger partial charge on any atom is 0.185 e. The molecule has 124 valence electrons. The summed E-state index contributed by atoms with van der Waals surface area (Å²) in [6.45, 7) is 6.91. The maximum absolute atomic E-state index is 12.3. The van der Waals surface area contributed by atoms with Crippen LogP contribution in [0.4, 0.5) is 0 Å². The summed E-state index contributed by atoms with van der Waals surface area (Å²) in [6.07, 6.45) is 4.69. The van der Waals surface area contributed by atoms with Gasteiger partial charge in [-0.2, -0.15) is 0 Å². The lowest BCUT2D eigenvalue weighted by Gasteiger charge is -2.09. The normalized spacial score (nSPS) is 23.3. The SMILES string of the molecule is Cc1sc(C=CC(=O)c2ccc(O)c(Cl)c2)c2c1[C@H]1[C@@H](C2)C1(C)C. The molecule has 0 radical (unpaired) electrons. The Bertz CT molecular complexity index is 891. The van der Waals surface area contributed by atoms with Gasteiger partial charge in [-0.25, -0.2) is 0 Å². The molecule has 2 aromatic rings. The lowest BCUT2D eigenvalue weighted by Crippen LogP contribution is -1.99. The Balaban J connectivity index is 1.60. The number of phenolic OH excluding ortho intramolecular Hbond substituents is 1. The van der Waals surface area contributed by atoms with Gasteiger partial charge in [-0.3, -0.25) is 4.79 Å². The molecular formula is C20H19ClO2S. The molecule has 1 saturated carbocycles. The molecule has 0 aliphatic heterocycles. The van der Waals surface area contributed by atoms with Crippen molar-refractivity contribution in [2.45, 2.75) is 33.1 Å². The van der Waals surface area contributed by atoms with Crippen LogP contribution in [0.15, 0.2) is 24.3 Å². The van der Waals surface area contributed by atoms with Crippen molar-refractivity contribution in [1.82, 2.24) is 0 Å². The fraction of sp³-hybridized carbons (Fsp3) is 0.350. The van der Waals surface area contributed by atoms with Crippen molar-refractivity contribution in [3.8, 4) is 5.75 Å². The fourth-order valence-corrected chi connectivity index (χ4v) is 5.53. The van der Waals surface area contributed by atoms with Gasteiger partial charge in [0.2, 0.25) is 0 Å². The van der Waals surface area contributed by atoms with Crippen LogP contribution < -0.4 is 0 Å². The highest BCUT2D eigenvalue weighted by Crippen LogP contribution is 2.71. The highest BCUT2D eigenvalue weighted by Gasteiger charge is 2.63. The number of thiophene rings is 1. The standard InChI is InChI=1S/C20H19ClO2S/c1-10-18-12(9-13-19(18)20(13,2)3)17(24-10)7-6-15(22)11-4-5-16(23)14(21)8-11/h4-8,13,19,23H,9H2,1-3H3/t13-,19-/m1/s1. The van der Waals surface area contributed by atoms with Crippen molar-refractivity contribution in [2.75, 3.05) is 0 Å². The molecule has 0 unspecified atom stereocenters. The van der Waals surface area contributed by atoms with Crippen LogP contribution in [-0.2, 0) is 6.42 Å². The Morgan fingerprint density at radius 3 is 2.88 bits per heavy atom. The maximum atomic E-state index is 12.3. The van der Waals surface area contributed by atoms with Crippen LogP contribution in [0.2, 0.25) is 5.02 Å². The molecule has 1 fully saturated rings. The predicted molar refractivity (Wildman–Crippen MR) is 99.3 cm³/mol. The molecule has 4 rings (SSSR count). The average molecular weight is 359 g/mol. The first-order valence-electron chi connectivity index (χ1n) is 8.13. The van der Waals surface area contributed by atoms with Gasteiger partial charge in [-0.15, -0.1) is 11.3 Å². The minimum Gasteiger partial charge on any atom is -0.506 e. The third-order valence-corrected chi connectivity index (χ3v) is 7.10. The summed E-state index contributed by atoms with van der Waals surface area (Å²) < 4.78 is 0. The second-order valence-corrected chi connectivity index (χ2v) is 9.05. The van der Waals surface area contributed by atoms with Crippen molar-refractivity contribution in [1.29, 1.82) is 0 Å². The Labute approximate surface area is 150 Å². The summed E-state index contributed by atoms with van der Waals surface area (Å²) in [5.41, 5.74) is 3.91. The quantitative estimate of drug-likeness (QED) is 0.572. The van der Waals surface area contributed by atoms with Crippen LogP contribution in [0.25, 0.3) is 6.08 Å². The second kappa shape index (κ2) is 5.21. The van der Waals surface area contributed by atoms with E-state index in [2.05, 4.69) is 20.8 Å². The Hall–Kier alpha value is -1.58. The fourth-order valence-electron chi connectivity index (χ4n) is 4.20. The third kappa shape index (κ3) is 2.26. The van der Waals surface area contributed by atoms with Gasteiger partial charge in [0.15, 0.2) is 5.78 Å². The van der Waals surface area contributed by atoms with Gasteiger partial charge >= 0.3 is 0 Å². The van der Waals surface area contributed by atoms with Crippen LogP contribution in [-0.4, -0.2) is 10.9 Å². The zero-order valence-corrected chi connectivity index (χ0v) is 15.5. The molecule has 0 amide bonds. The molecule has 1 heterocycles. The minimum atomic E-state index is -0.0970. The number of carbonyl (C=O) groups is 1. The van der Waals surface area contributed by atoms with E-state index in [0.717, 1.165) is 12.3 Å². The molecule has 0 bridgehead atoms. The molecule has 1 aromatic heterocycles. The number of allylic oxidation sites excluding steroid dienone is 1. The zero-order valence-electron chi connectivity index (χ0n) is 13.9. The molecule has 0 saturated heterocycles. The summed E-state index contributed by atoms with van der Waals surface area (Å²) in [6, 6.07) is 4.55. The highest BCUT2D eigenvalue weighted by molar-refractivity contribution is 7.13. The third-order valence-electron chi connectivity index (χ3n) is 5.67. The van der Waals surface area contributed by atoms with Gasteiger partial charge in [0.1, 0.15) is 5.75 Å². The highest BCUT2D eigenvalue weighted by atomic mass is 35.5. The van der Waals surface area contributed by atoms with Gasteiger partial charge in [0, 0.05) is 15.3 Å². The van der Waals surface area contributed by atoms with Crippen molar-refractivity contribution >= 4 is 34.8 Å². The number of carbonyl (C=O) groups excluding carboxylic acids is 1. The summed E-state index contributed by atoms with van der Waals surface area (Å²) in [4.78, 5) is 14.9. The number of halogens is 1. The van der Waals surface area contributed by atoms with Crippen LogP contribution in [0.1, 0.15) is 51.0 Å². The molecule has 2 atom stereocenters. The van der Waals surface area contributed by atoms with Crippen molar-refractivity contribution in [3.63, 3.8) is 0 Å². The number of fused-ring (bicyclic) bond motifs is 3. The molecule has 0 spiro atoms. The number of aryl methyl sites for hydroxylation is 1. The van der Waals surface area contributed by atoms with E-state index in [-0.39, 0.29) is 16.6 Å². The smallest absolute Gasteiger partial charge is 0.185 e. The van der Waals surface area contributed by atoms with E-state index < -0.39 is 0 Å². The van der Waals surface area contributed by atoms with E-state index in [1.807, 2.05) is 6.08 Å². The number of hydrogen-bond donors (Lipinski definition) is 1. The Morgan fingerprint density at radius 2 is 2.17 bits per heavy atom. The van der Waals surface area contributed by atoms with Crippen molar-refractivity contribution < 1.29 is 9.90 Å². The van der Waals surface area contributed by atoms with E-state index in [0.29, 0.717) is 16.9 Å².